The third kappa shape index (κ3) is 4.38. The number of rotatable bonds is 6. The minimum Gasteiger partial charge on any atom is -0.451 e. The monoisotopic (exact) mass is 573 g/mol. The maximum Gasteiger partial charge on any atom is 0.290 e. The number of carbonyl (C=O) groups is 2. The number of halogens is 1. The van der Waals surface area contributed by atoms with Crippen molar-refractivity contribution in [3.63, 3.8) is 0 Å². The number of aromatic nitrogens is 4. The number of pyridine rings is 1. The van der Waals surface area contributed by atoms with Crippen molar-refractivity contribution >= 4 is 50.4 Å². The zero-order chi connectivity index (χ0) is 26.4. The fraction of sp³-hybridized carbons (Fsp3) is 0.222. The van der Waals surface area contributed by atoms with Crippen molar-refractivity contribution < 1.29 is 14.3 Å². The highest BCUT2D eigenvalue weighted by Gasteiger charge is 2.56. The first-order valence-electron chi connectivity index (χ1n) is 12.2. The number of piperidine rings is 1. The summed E-state index contributed by atoms with van der Waals surface area (Å²) in [7, 11) is 0. The molecule has 192 valence electrons. The molecular weight excluding hydrogens is 550 g/mol. The number of hydrogen-bond acceptors (Lipinski definition) is 7. The van der Waals surface area contributed by atoms with Crippen LogP contribution in [0.1, 0.15) is 19.8 Å². The van der Waals surface area contributed by atoms with Gasteiger partial charge < -0.3 is 25.7 Å². The van der Waals surface area contributed by atoms with Crippen molar-refractivity contribution in [3.8, 4) is 17.0 Å². The van der Waals surface area contributed by atoms with E-state index in [0.717, 1.165) is 17.7 Å². The van der Waals surface area contributed by atoms with E-state index in [9.17, 15) is 9.59 Å². The highest BCUT2D eigenvalue weighted by Crippen LogP contribution is 2.48. The topological polar surface area (TPSA) is 139 Å². The van der Waals surface area contributed by atoms with Gasteiger partial charge in [-0.25, -0.2) is 15.0 Å². The van der Waals surface area contributed by atoms with Gasteiger partial charge in [-0.05, 0) is 78.0 Å². The van der Waals surface area contributed by atoms with Gasteiger partial charge in [0.25, 0.3) is 5.91 Å². The van der Waals surface area contributed by atoms with Crippen molar-refractivity contribution in [1.82, 2.24) is 24.8 Å². The molecule has 0 spiro atoms. The third-order valence-corrected chi connectivity index (χ3v) is 7.38. The molecule has 4 N–H and O–H groups in total. The van der Waals surface area contributed by atoms with Gasteiger partial charge in [-0.3, -0.25) is 9.59 Å². The lowest BCUT2D eigenvalue weighted by Crippen LogP contribution is -2.46. The molecule has 3 atom stereocenters. The molecule has 11 heteroatoms. The number of para-hydroxylation sites is 1. The van der Waals surface area contributed by atoms with E-state index in [2.05, 4.69) is 41.2 Å². The van der Waals surface area contributed by atoms with Gasteiger partial charge in [-0.15, -0.1) is 0 Å². The lowest BCUT2D eigenvalue weighted by Gasteiger charge is -2.27. The Labute approximate surface area is 226 Å². The van der Waals surface area contributed by atoms with Crippen LogP contribution in [-0.4, -0.2) is 48.7 Å². The summed E-state index contributed by atoms with van der Waals surface area (Å²) in [5, 5.41) is 3.54. The SMILES string of the molecule is C/C=C(/Oc1ccccc1-c1cc2c(N)ncnc2[nH]1)C(=O)N1[C@@H](C(=O)Nc2cccc(Br)n2)C[C@@H]2C[C@@H]21. The molecule has 2 aliphatic rings. The fourth-order valence-corrected chi connectivity index (χ4v) is 5.37. The number of allylic oxidation sites excluding steroid dienone is 1. The molecule has 2 amide bonds. The molecular formula is C27H24BrN7O3. The summed E-state index contributed by atoms with van der Waals surface area (Å²) in [5.41, 5.74) is 8.08. The van der Waals surface area contributed by atoms with Gasteiger partial charge >= 0.3 is 0 Å². The van der Waals surface area contributed by atoms with E-state index in [0.29, 0.717) is 45.4 Å². The number of aromatic amines is 1. The van der Waals surface area contributed by atoms with Crippen LogP contribution >= 0.6 is 15.9 Å². The number of amides is 2. The van der Waals surface area contributed by atoms with Crippen LogP contribution in [-0.2, 0) is 9.59 Å². The molecule has 1 aliphatic heterocycles. The highest BCUT2D eigenvalue weighted by molar-refractivity contribution is 9.10. The molecule has 1 aromatic carbocycles. The van der Waals surface area contributed by atoms with Crippen LogP contribution < -0.4 is 15.8 Å². The third-order valence-electron chi connectivity index (χ3n) is 6.93. The molecule has 2 fully saturated rings. The van der Waals surface area contributed by atoms with Gasteiger partial charge in [0, 0.05) is 11.6 Å². The number of nitrogen functional groups attached to an aromatic ring is 1. The number of nitrogens with two attached hydrogens (primary N) is 1. The number of H-pyrrole nitrogens is 1. The van der Waals surface area contributed by atoms with Crippen LogP contribution in [0.3, 0.4) is 0 Å². The largest absolute Gasteiger partial charge is 0.451 e. The Hall–Kier alpha value is -4.25. The van der Waals surface area contributed by atoms with Crippen molar-refractivity contribution in [2.75, 3.05) is 11.1 Å². The van der Waals surface area contributed by atoms with Gasteiger partial charge in [-0.1, -0.05) is 18.2 Å². The molecule has 3 aromatic heterocycles. The quantitative estimate of drug-likeness (QED) is 0.178. The van der Waals surface area contributed by atoms with Crippen LogP contribution in [0.4, 0.5) is 11.6 Å². The number of anilines is 2. The Morgan fingerprint density at radius 3 is 2.82 bits per heavy atom. The smallest absolute Gasteiger partial charge is 0.290 e. The van der Waals surface area contributed by atoms with Crippen molar-refractivity contribution in [2.24, 2.45) is 5.92 Å². The second-order valence-corrected chi connectivity index (χ2v) is 10.1. The molecule has 0 unspecified atom stereocenters. The molecule has 6 rings (SSSR count). The minimum absolute atomic E-state index is 0.0257. The lowest BCUT2D eigenvalue weighted by molar-refractivity contribution is -0.136. The molecule has 1 saturated heterocycles. The first-order valence-corrected chi connectivity index (χ1v) is 13.0. The van der Waals surface area contributed by atoms with Crippen LogP contribution in [0.5, 0.6) is 5.75 Å². The summed E-state index contributed by atoms with van der Waals surface area (Å²) in [6.07, 6.45) is 4.53. The molecule has 1 saturated carbocycles. The highest BCUT2D eigenvalue weighted by atomic mass is 79.9. The molecule has 38 heavy (non-hydrogen) atoms. The first-order chi connectivity index (χ1) is 18.4. The number of fused-ring (bicyclic) bond motifs is 2. The maximum atomic E-state index is 13.8. The number of hydrogen-bond donors (Lipinski definition) is 3. The predicted octanol–water partition coefficient (Wildman–Crippen LogP) is 4.28. The number of nitrogens with zero attached hydrogens (tertiary/aromatic N) is 4. The molecule has 1 aliphatic carbocycles. The van der Waals surface area contributed by atoms with E-state index in [1.807, 2.05) is 24.3 Å². The van der Waals surface area contributed by atoms with Crippen molar-refractivity contribution in [3.05, 3.63) is 71.3 Å². The van der Waals surface area contributed by atoms with Crippen molar-refractivity contribution in [2.45, 2.75) is 31.8 Å². The summed E-state index contributed by atoms with van der Waals surface area (Å²) in [5.74, 6) is 1.17. The van der Waals surface area contributed by atoms with Gasteiger partial charge in [0.05, 0.1) is 11.1 Å². The number of nitrogens with one attached hydrogen (secondary N) is 2. The van der Waals surface area contributed by atoms with Gasteiger partial charge in [0.2, 0.25) is 5.91 Å². The first kappa shape index (κ1) is 24.1. The lowest BCUT2D eigenvalue weighted by atomic mass is 10.1. The minimum atomic E-state index is -0.601. The molecule has 4 heterocycles. The number of likely N-dealkylation sites (tertiary alicyclic amines) is 1. The average molecular weight is 574 g/mol. The predicted molar refractivity (Wildman–Crippen MR) is 146 cm³/mol. The van der Waals surface area contributed by atoms with E-state index < -0.39 is 6.04 Å². The van der Waals surface area contributed by atoms with Crippen LogP contribution in [0, 0.1) is 5.92 Å². The second kappa shape index (κ2) is 9.56. The summed E-state index contributed by atoms with van der Waals surface area (Å²) in [6, 6.07) is 14.0. The van der Waals surface area contributed by atoms with E-state index in [4.69, 9.17) is 10.5 Å². The number of carbonyl (C=O) groups excluding carboxylic acids is 2. The Balaban J connectivity index is 1.25. The van der Waals surface area contributed by atoms with Crippen molar-refractivity contribution in [1.29, 1.82) is 0 Å². The van der Waals surface area contributed by atoms with Gasteiger partial charge in [-0.2, -0.15) is 0 Å². The Morgan fingerprint density at radius 2 is 2.03 bits per heavy atom. The summed E-state index contributed by atoms with van der Waals surface area (Å²) in [6.45, 7) is 1.75. The number of ether oxygens (including phenoxy) is 1. The summed E-state index contributed by atoms with van der Waals surface area (Å²) < 4.78 is 6.83. The van der Waals surface area contributed by atoms with Crippen LogP contribution in [0.15, 0.2) is 71.3 Å². The molecule has 4 aromatic rings. The summed E-state index contributed by atoms with van der Waals surface area (Å²) >= 11 is 3.32. The van der Waals surface area contributed by atoms with Gasteiger partial charge in [0.1, 0.15) is 40.0 Å². The van der Waals surface area contributed by atoms with Crippen LogP contribution in [0.2, 0.25) is 0 Å². The Morgan fingerprint density at radius 1 is 1.18 bits per heavy atom. The second-order valence-electron chi connectivity index (χ2n) is 9.32. The molecule has 10 nitrogen and oxygen atoms in total. The standard InChI is InChI=1S/C27H24BrN7O3/c1-2-20(38-21-7-4-3-6-15(21)17-12-16-24(29)30-13-31-25(16)32-17)27(37)35-18-10-14(18)11-19(35)26(36)34-23-9-5-8-22(28)33-23/h2-9,12-14,18-19H,10-11H2,1H3,(H,33,34,36)(H3,29,30,31,32)/b20-2+/t14-,18-,19+/m0/s1. The zero-order valence-corrected chi connectivity index (χ0v) is 22.0. The Kier molecular flexibility index (Phi) is 6.07. The van der Waals surface area contributed by atoms with Crippen LogP contribution in [0.25, 0.3) is 22.3 Å². The summed E-state index contributed by atoms with van der Waals surface area (Å²) in [4.78, 5) is 44.4. The van der Waals surface area contributed by atoms with E-state index in [-0.39, 0.29) is 23.6 Å². The molecule has 0 radical (unpaired) electrons. The van der Waals surface area contributed by atoms with Gasteiger partial charge in [0.15, 0.2) is 5.76 Å². The average Bonchev–Trinajstić information content (AvgIpc) is 3.35. The van der Waals surface area contributed by atoms with E-state index >= 15 is 0 Å². The Bertz CT molecular complexity index is 1600. The maximum absolute atomic E-state index is 13.8. The normalized spacial score (nSPS) is 20.3. The van der Waals surface area contributed by atoms with E-state index in [1.165, 1.54) is 6.33 Å². The zero-order valence-electron chi connectivity index (χ0n) is 20.4. The van der Waals surface area contributed by atoms with E-state index in [1.54, 1.807) is 42.2 Å². The number of benzene rings is 1. The molecule has 0 bridgehead atoms. The fourth-order valence-electron chi connectivity index (χ4n) is 5.02.